The number of aromatic amines is 1. The molecule has 0 aliphatic carbocycles. The van der Waals surface area contributed by atoms with Crippen LogP contribution in [0.5, 0.6) is 0 Å². The van der Waals surface area contributed by atoms with Gasteiger partial charge in [0, 0.05) is 17.6 Å². The minimum atomic E-state index is 0.702. The van der Waals surface area contributed by atoms with Crippen LogP contribution in [0.2, 0.25) is 0 Å². The third-order valence-electron chi connectivity index (χ3n) is 2.11. The molecule has 2 rings (SSSR count). The molecule has 0 amide bonds. The van der Waals surface area contributed by atoms with Gasteiger partial charge in [-0.3, -0.25) is 9.55 Å². The monoisotopic (exact) mass is 205 g/mol. The number of aryl methyl sites for hydroxylation is 2. The molecule has 0 bridgehead atoms. The third-order valence-corrected chi connectivity index (χ3v) is 2.41. The largest absolute Gasteiger partial charge is 0.337 e. The van der Waals surface area contributed by atoms with Crippen LogP contribution in [-0.2, 0) is 0 Å². The van der Waals surface area contributed by atoms with Crippen LogP contribution < -0.4 is 0 Å². The van der Waals surface area contributed by atoms with E-state index in [4.69, 9.17) is 12.2 Å². The first-order chi connectivity index (χ1) is 6.68. The van der Waals surface area contributed by atoms with Crippen molar-refractivity contribution in [2.24, 2.45) is 0 Å². The third kappa shape index (κ3) is 1.48. The van der Waals surface area contributed by atoms with Crippen molar-refractivity contribution in [1.82, 2.24) is 14.5 Å². The molecular formula is C10H11N3S. The molecule has 0 saturated carbocycles. The molecule has 3 nitrogen and oxygen atoms in total. The van der Waals surface area contributed by atoms with Crippen LogP contribution in [0.15, 0.2) is 24.5 Å². The topological polar surface area (TPSA) is 33.6 Å². The summed E-state index contributed by atoms with van der Waals surface area (Å²) < 4.78 is 2.66. The second kappa shape index (κ2) is 3.38. The lowest BCUT2D eigenvalue weighted by Gasteiger charge is -2.04. The molecule has 1 N–H and O–H groups in total. The number of pyridine rings is 1. The van der Waals surface area contributed by atoms with E-state index in [1.54, 1.807) is 0 Å². The van der Waals surface area contributed by atoms with Gasteiger partial charge in [0.25, 0.3) is 0 Å². The van der Waals surface area contributed by atoms with Gasteiger partial charge in [0.1, 0.15) is 0 Å². The normalized spacial score (nSPS) is 10.4. The lowest BCUT2D eigenvalue weighted by molar-refractivity contribution is 0.968. The van der Waals surface area contributed by atoms with E-state index in [2.05, 4.69) is 9.97 Å². The Bertz CT molecular complexity index is 493. The fourth-order valence-corrected chi connectivity index (χ4v) is 1.68. The number of nitrogens with one attached hydrogen (secondary N) is 1. The Kier molecular flexibility index (Phi) is 2.21. The fourth-order valence-electron chi connectivity index (χ4n) is 1.37. The summed E-state index contributed by atoms with van der Waals surface area (Å²) in [4.78, 5) is 7.24. The lowest BCUT2D eigenvalue weighted by atomic mass is 10.3. The van der Waals surface area contributed by atoms with Gasteiger partial charge in [-0.25, -0.2) is 0 Å². The number of aromatic nitrogens is 3. The Morgan fingerprint density at radius 3 is 2.64 bits per heavy atom. The minimum Gasteiger partial charge on any atom is -0.337 e. The van der Waals surface area contributed by atoms with E-state index in [1.807, 2.05) is 42.9 Å². The molecule has 2 aromatic rings. The van der Waals surface area contributed by atoms with Crippen LogP contribution in [0.1, 0.15) is 11.4 Å². The van der Waals surface area contributed by atoms with Crippen LogP contribution in [0, 0.1) is 18.6 Å². The zero-order chi connectivity index (χ0) is 10.1. The molecular weight excluding hydrogens is 194 g/mol. The highest BCUT2D eigenvalue weighted by Crippen LogP contribution is 2.10. The van der Waals surface area contributed by atoms with Crippen molar-refractivity contribution in [1.29, 1.82) is 0 Å². The number of hydrogen-bond donors (Lipinski definition) is 1. The molecule has 2 aromatic heterocycles. The smallest absolute Gasteiger partial charge is 0.182 e. The highest BCUT2D eigenvalue weighted by atomic mass is 32.1. The molecule has 2 heterocycles. The molecule has 72 valence electrons. The number of hydrogen-bond acceptors (Lipinski definition) is 2. The summed E-state index contributed by atoms with van der Waals surface area (Å²) in [5.41, 5.74) is 3.09. The van der Waals surface area contributed by atoms with Gasteiger partial charge in [0.15, 0.2) is 4.77 Å². The Balaban J connectivity index is 2.60. The van der Waals surface area contributed by atoms with Crippen molar-refractivity contribution in [2.45, 2.75) is 13.8 Å². The van der Waals surface area contributed by atoms with Crippen LogP contribution in [-0.4, -0.2) is 14.5 Å². The van der Waals surface area contributed by atoms with Gasteiger partial charge in [-0.2, -0.15) is 0 Å². The van der Waals surface area contributed by atoms with Crippen LogP contribution in [0.25, 0.3) is 5.69 Å². The Morgan fingerprint density at radius 2 is 2.14 bits per heavy atom. The molecule has 0 aliphatic rings. The number of nitrogens with zero attached hydrogens (tertiary/aromatic N) is 2. The zero-order valence-corrected chi connectivity index (χ0v) is 8.93. The fraction of sp³-hybridized carbons (Fsp3) is 0.200. The van der Waals surface area contributed by atoms with Crippen LogP contribution >= 0.6 is 12.2 Å². The van der Waals surface area contributed by atoms with Gasteiger partial charge in [-0.1, -0.05) is 0 Å². The van der Waals surface area contributed by atoms with Crippen LogP contribution in [0.4, 0.5) is 0 Å². The molecule has 0 spiro atoms. The van der Waals surface area contributed by atoms with E-state index >= 15 is 0 Å². The first-order valence-electron chi connectivity index (χ1n) is 4.38. The summed E-state index contributed by atoms with van der Waals surface area (Å²) in [5.74, 6) is 0. The summed E-state index contributed by atoms with van der Waals surface area (Å²) >= 11 is 5.17. The maximum absolute atomic E-state index is 5.17. The Labute approximate surface area is 87.4 Å². The summed E-state index contributed by atoms with van der Waals surface area (Å²) in [6.45, 7) is 3.97. The van der Waals surface area contributed by atoms with E-state index in [9.17, 15) is 0 Å². The Hall–Kier alpha value is -1.42. The average molecular weight is 205 g/mol. The van der Waals surface area contributed by atoms with Crippen molar-refractivity contribution in [3.63, 3.8) is 0 Å². The molecule has 14 heavy (non-hydrogen) atoms. The van der Waals surface area contributed by atoms with E-state index in [-0.39, 0.29) is 0 Å². The van der Waals surface area contributed by atoms with Crippen molar-refractivity contribution in [2.75, 3.05) is 0 Å². The Morgan fingerprint density at radius 1 is 1.36 bits per heavy atom. The van der Waals surface area contributed by atoms with Gasteiger partial charge in [0.2, 0.25) is 0 Å². The van der Waals surface area contributed by atoms with Crippen molar-refractivity contribution >= 4 is 12.2 Å². The number of H-pyrrole nitrogens is 1. The van der Waals surface area contributed by atoms with Crippen LogP contribution in [0.3, 0.4) is 0 Å². The lowest BCUT2D eigenvalue weighted by Crippen LogP contribution is -1.97. The van der Waals surface area contributed by atoms with Crippen molar-refractivity contribution in [3.05, 3.63) is 40.7 Å². The van der Waals surface area contributed by atoms with Crippen molar-refractivity contribution < 1.29 is 0 Å². The van der Waals surface area contributed by atoms with E-state index < -0.39 is 0 Å². The molecule has 0 aliphatic heterocycles. The molecule has 0 fully saturated rings. The molecule has 0 saturated heterocycles. The first-order valence-corrected chi connectivity index (χ1v) is 4.79. The molecule has 0 unspecified atom stereocenters. The second-order valence-corrected chi connectivity index (χ2v) is 3.62. The molecule has 0 radical (unpaired) electrons. The number of rotatable bonds is 1. The van der Waals surface area contributed by atoms with Gasteiger partial charge < -0.3 is 4.98 Å². The maximum Gasteiger partial charge on any atom is 0.182 e. The van der Waals surface area contributed by atoms with Gasteiger partial charge in [0.05, 0.1) is 11.9 Å². The molecule has 0 aromatic carbocycles. The highest BCUT2D eigenvalue weighted by Gasteiger charge is 2.01. The average Bonchev–Trinajstić information content (AvgIpc) is 2.49. The zero-order valence-electron chi connectivity index (χ0n) is 8.11. The van der Waals surface area contributed by atoms with E-state index in [1.165, 1.54) is 0 Å². The highest BCUT2D eigenvalue weighted by molar-refractivity contribution is 7.71. The van der Waals surface area contributed by atoms with Crippen molar-refractivity contribution in [3.8, 4) is 5.69 Å². The predicted octanol–water partition coefficient (Wildman–Crippen LogP) is 2.55. The van der Waals surface area contributed by atoms with Gasteiger partial charge in [-0.05, 0) is 38.2 Å². The minimum absolute atomic E-state index is 0.702. The predicted molar refractivity (Wildman–Crippen MR) is 58.2 cm³/mol. The molecule has 0 atom stereocenters. The molecule has 4 heteroatoms. The van der Waals surface area contributed by atoms with Gasteiger partial charge in [-0.15, -0.1) is 0 Å². The first kappa shape index (κ1) is 9.15. The van der Waals surface area contributed by atoms with Gasteiger partial charge >= 0.3 is 0 Å². The van der Waals surface area contributed by atoms with E-state index in [0.29, 0.717) is 4.77 Å². The summed E-state index contributed by atoms with van der Waals surface area (Å²) in [6.07, 6.45) is 3.72. The summed E-state index contributed by atoms with van der Waals surface area (Å²) in [5, 5.41) is 0. The standard InChI is InChI=1S/C10H11N3S/c1-7-3-4-9(6-11-7)13-8(2)5-12-10(13)14/h3-6H,1-2H3,(H,12,14). The SMILES string of the molecule is Cc1ccc(-n2c(C)c[nH]c2=S)cn1. The maximum atomic E-state index is 5.17. The summed E-state index contributed by atoms with van der Waals surface area (Å²) in [7, 11) is 0. The van der Waals surface area contributed by atoms with E-state index in [0.717, 1.165) is 17.1 Å². The quantitative estimate of drug-likeness (QED) is 0.726. The second-order valence-electron chi connectivity index (χ2n) is 3.23. The summed E-state index contributed by atoms with van der Waals surface area (Å²) in [6, 6.07) is 3.99. The number of imidazole rings is 1.